The summed E-state index contributed by atoms with van der Waals surface area (Å²) in [6, 6.07) is 11.5. The second kappa shape index (κ2) is 15.5. The highest BCUT2D eigenvalue weighted by atomic mass is 16.6. The number of nitrogens with one attached hydrogen (secondary N) is 1. The number of aromatic amines is 1. The van der Waals surface area contributed by atoms with Gasteiger partial charge in [-0.15, -0.1) is 0 Å². The number of rotatable bonds is 4. The molecule has 2 aliphatic heterocycles. The first-order valence-corrected chi connectivity index (χ1v) is 19.0. The van der Waals surface area contributed by atoms with Gasteiger partial charge in [0.25, 0.3) is 0 Å². The smallest absolute Gasteiger partial charge is 0.419 e. The second-order valence-corrected chi connectivity index (χ2v) is 17.5. The average molecular weight is 757 g/mol. The Morgan fingerprint density at radius 2 is 1.05 bits per heavy atom. The lowest BCUT2D eigenvalue weighted by molar-refractivity contribution is 0.0282. The van der Waals surface area contributed by atoms with E-state index in [-0.39, 0.29) is 35.6 Å². The van der Waals surface area contributed by atoms with Crippen molar-refractivity contribution in [3.05, 3.63) is 71.0 Å². The molecule has 4 heterocycles. The van der Waals surface area contributed by atoms with Crippen molar-refractivity contribution in [1.29, 1.82) is 0 Å². The van der Waals surface area contributed by atoms with Crippen LogP contribution in [0.4, 0.5) is 14.4 Å². The molecule has 2 unspecified atom stereocenters. The summed E-state index contributed by atoms with van der Waals surface area (Å²) < 4.78 is 17.9. The molecule has 4 aromatic rings. The molecule has 12 heteroatoms. The Kier molecular flexibility index (Phi) is 11.6. The largest absolute Gasteiger partial charge is 0.444 e. The van der Waals surface area contributed by atoms with Crippen LogP contribution in [0.1, 0.15) is 133 Å². The van der Waals surface area contributed by atoms with Gasteiger partial charge in [-0.05, 0) is 124 Å². The molecule has 2 aromatic heterocycles. The zero-order chi connectivity index (χ0) is 40.6. The lowest BCUT2D eigenvalue weighted by Gasteiger charge is -2.24. The van der Waals surface area contributed by atoms with Crippen molar-refractivity contribution < 1.29 is 38.2 Å². The summed E-state index contributed by atoms with van der Waals surface area (Å²) in [7, 11) is 0. The summed E-state index contributed by atoms with van der Waals surface area (Å²) in [4.78, 5) is 68.2. The summed E-state index contributed by atoms with van der Waals surface area (Å²) in [5.41, 5.74) is 3.13. The lowest BCUT2D eigenvalue weighted by atomic mass is 9.93. The summed E-state index contributed by atoms with van der Waals surface area (Å²) in [6.45, 7) is 22.1. The predicted octanol–water partition coefficient (Wildman–Crippen LogP) is 9.45. The maximum absolute atomic E-state index is 12.8. The SMILES string of the molecule is CC(=O)c1ccc(C2CCN(C(=O)OC(C)(C)C)C2)c2cc[nH]c12.CC(=O)c1ccc(C2CCN(C(=O)OC(C)(C)C)C2)c2ccn(C(=O)OC(C)(C)C)c12. The number of hydrogen-bond acceptors (Lipinski definition) is 8. The standard InChI is InChI=1S/C24H32N2O5.C19H24N2O3/c1-15(27)17-8-9-18(16-10-12-25(14-16)21(28)30-23(2,3)4)19-11-13-26(20(17)19)22(29)31-24(5,6)7;1-12(22)14-5-6-15(16-7-9-20-17(14)16)13-8-10-21(11-13)18(23)24-19(2,3)4/h8-9,11,13,16H,10,12,14H2,1-7H3;5-7,9,13,20H,8,10-11H2,1-4H3. The average Bonchev–Trinajstić information content (AvgIpc) is 3.88. The van der Waals surface area contributed by atoms with Crippen LogP contribution in [0.25, 0.3) is 21.8 Å². The molecule has 0 saturated carbocycles. The summed E-state index contributed by atoms with van der Waals surface area (Å²) >= 11 is 0. The van der Waals surface area contributed by atoms with E-state index in [1.165, 1.54) is 17.1 Å². The second-order valence-electron chi connectivity index (χ2n) is 17.5. The molecule has 12 nitrogen and oxygen atoms in total. The van der Waals surface area contributed by atoms with Gasteiger partial charge in [-0.25, -0.2) is 14.4 Å². The van der Waals surface area contributed by atoms with Crippen LogP contribution in [0.15, 0.2) is 48.8 Å². The minimum absolute atomic E-state index is 0.0517. The van der Waals surface area contributed by atoms with Crippen LogP contribution in [0, 0.1) is 0 Å². The van der Waals surface area contributed by atoms with Crippen molar-refractivity contribution in [2.24, 2.45) is 0 Å². The zero-order valence-electron chi connectivity index (χ0n) is 34.1. The monoisotopic (exact) mass is 756 g/mol. The number of ether oxygens (including phenoxy) is 3. The van der Waals surface area contributed by atoms with E-state index >= 15 is 0 Å². The van der Waals surface area contributed by atoms with E-state index in [4.69, 9.17) is 14.2 Å². The first kappa shape index (κ1) is 41.0. The predicted molar refractivity (Wildman–Crippen MR) is 212 cm³/mol. The van der Waals surface area contributed by atoms with Crippen LogP contribution < -0.4 is 0 Å². The Morgan fingerprint density at radius 1 is 0.600 bits per heavy atom. The molecule has 0 bridgehead atoms. The molecule has 0 spiro atoms. The first-order chi connectivity index (χ1) is 25.5. The number of ketones is 2. The highest BCUT2D eigenvalue weighted by Crippen LogP contribution is 2.36. The molecule has 1 N–H and O–H groups in total. The van der Waals surface area contributed by atoms with Gasteiger partial charge < -0.3 is 29.0 Å². The fourth-order valence-electron chi connectivity index (χ4n) is 7.23. The van der Waals surface area contributed by atoms with E-state index in [1.807, 2.05) is 78.1 Å². The molecule has 55 heavy (non-hydrogen) atoms. The van der Waals surface area contributed by atoms with Crippen LogP contribution >= 0.6 is 0 Å². The number of fused-ring (bicyclic) bond motifs is 2. The third-order valence-corrected chi connectivity index (χ3v) is 9.55. The fraction of sp³-hybridized carbons (Fsp3) is 0.512. The molecule has 2 aromatic carbocycles. The molecule has 2 saturated heterocycles. The number of nitrogens with zero attached hydrogens (tertiary/aromatic N) is 3. The Bertz CT molecular complexity index is 2110. The Hall–Kier alpha value is -5.13. The highest BCUT2D eigenvalue weighted by Gasteiger charge is 2.34. The molecule has 2 amide bonds. The van der Waals surface area contributed by atoms with Crippen molar-refractivity contribution in [2.45, 2.75) is 118 Å². The number of amides is 2. The van der Waals surface area contributed by atoms with E-state index in [2.05, 4.69) is 4.98 Å². The Morgan fingerprint density at radius 3 is 1.53 bits per heavy atom. The minimum atomic E-state index is -0.652. The molecular weight excluding hydrogens is 700 g/mol. The number of Topliss-reactive ketones (excluding diaryl/α,β-unsaturated/α-hetero) is 2. The van der Waals surface area contributed by atoms with E-state index < -0.39 is 22.9 Å². The van der Waals surface area contributed by atoms with Crippen LogP contribution in [-0.2, 0) is 14.2 Å². The van der Waals surface area contributed by atoms with Crippen LogP contribution in [0.3, 0.4) is 0 Å². The van der Waals surface area contributed by atoms with E-state index in [9.17, 15) is 24.0 Å². The Balaban J connectivity index is 0.000000218. The molecule has 0 aliphatic carbocycles. The van der Waals surface area contributed by atoms with Gasteiger partial charge in [0.1, 0.15) is 16.8 Å². The summed E-state index contributed by atoms with van der Waals surface area (Å²) in [6.07, 6.45) is 4.10. The van der Waals surface area contributed by atoms with Gasteiger partial charge >= 0.3 is 18.3 Å². The van der Waals surface area contributed by atoms with Crippen LogP contribution in [0.2, 0.25) is 0 Å². The minimum Gasteiger partial charge on any atom is -0.444 e. The molecule has 296 valence electrons. The van der Waals surface area contributed by atoms with Crippen molar-refractivity contribution in [3.8, 4) is 0 Å². The zero-order valence-corrected chi connectivity index (χ0v) is 34.1. The molecule has 0 radical (unpaired) electrons. The van der Waals surface area contributed by atoms with Gasteiger partial charge in [0.2, 0.25) is 0 Å². The third kappa shape index (κ3) is 9.76. The molecule has 2 aliphatic rings. The number of H-pyrrole nitrogens is 1. The quantitative estimate of drug-likeness (QED) is 0.160. The lowest BCUT2D eigenvalue weighted by Crippen LogP contribution is -2.35. The number of hydrogen-bond donors (Lipinski definition) is 1. The number of carbonyl (C=O) groups excluding carboxylic acids is 5. The first-order valence-electron chi connectivity index (χ1n) is 19.0. The fourth-order valence-corrected chi connectivity index (χ4v) is 7.23. The maximum atomic E-state index is 12.8. The van der Waals surface area contributed by atoms with Crippen molar-refractivity contribution >= 4 is 51.7 Å². The summed E-state index contributed by atoms with van der Waals surface area (Å²) in [5, 5.41) is 1.90. The molecule has 2 atom stereocenters. The van der Waals surface area contributed by atoms with Crippen molar-refractivity contribution in [2.75, 3.05) is 26.2 Å². The number of carbonyl (C=O) groups is 5. The summed E-state index contributed by atoms with van der Waals surface area (Å²) in [5.74, 6) is 0.278. The molecular formula is C43H56N4O8. The van der Waals surface area contributed by atoms with Crippen molar-refractivity contribution in [3.63, 3.8) is 0 Å². The van der Waals surface area contributed by atoms with E-state index in [0.717, 1.165) is 34.7 Å². The normalized spacial score (nSPS) is 17.6. The van der Waals surface area contributed by atoms with Crippen molar-refractivity contribution in [1.82, 2.24) is 19.4 Å². The van der Waals surface area contributed by atoms with Gasteiger partial charge in [-0.3, -0.25) is 14.2 Å². The van der Waals surface area contributed by atoms with Crippen LogP contribution in [0.5, 0.6) is 0 Å². The van der Waals surface area contributed by atoms with E-state index in [0.29, 0.717) is 42.8 Å². The van der Waals surface area contributed by atoms with Gasteiger partial charge in [0, 0.05) is 72.3 Å². The van der Waals surface area contributed by atoms with Gasteiger partial charge in [0.05, 0.1) is 11.0 Å². The number of aromatic nitrogens is 2. The molecule has 2 fully saturated rings. The van der Waals surface area contributed by atoms with Gasteiger partial charge in [-0.1, -0.05) is 12.1 Å². The highest BCUT2D eigenvalue weighted by molar-refractivity contribution is 6.09. The number of benzene rings is 2. The van der Waals surface area contributed by atoms with Crippen LogP contribution in [-0.4, -0.2) is 92.2 Å². The molecule has 6 rings (SSSR count). The Labute approximate surface area is 323 Å². The van der Waals surface area contributed by atoms with Gasteiger partial charge in [0.15, 0.2) is 11.6 Å². The number of likely N-dealkylation sites (tertiary alicyclic amines) is 2. The van der Waals surface area contributed by atoms with Gasteiger partial charge in [-0.2, -0.15) is 0 Å². The van der Waals surface area contributed by atoms with E-state index in [1.54, 1.807) is 49.8 Å². The third-order valence-electron chi connectivity index (χ3n) is 9.55. The topological polar surface area (TPSA) is 140 Å². The maximum Gasteiger partial charge on any atom is 0.419 e.